The Morgan fingerprint density at radius 1 is 0.559 bits per heavy atom. The zero-order chi connectivity index (χ0) is 43.3. The number of nitrogens with two attached hydrogens (primary N) is 1. The number of hydrogen-bond donors (Lipinski definition) is 3. The maximum atomic E-state index is 12.6. The number of rotatable bonds is 42. The molecule has 338 valence electrons. The molecule has 3 unspecified atom stereocenters. The summed E-state index contributed by atoms with van der Waals surface area (Å²) < 4.78 is 33.4. The van der Waals surface area contributed by atoms with E-state index in [4.69, 9.17) is 29.4 Å². The monoisotopic (exact) mass is 848 g/mol. The smallest absolute Gasteiger partial charge is 0.472 e. The van der Waals surface area contributed by atoms with Gasteiger partial charge in [-0.3, -0.25) is 18.6 Å². The van der Waals surface area contributed by atoms with Crippen LogP contribution in [0.1, 0.15) is 168 Å². The van der Waals surface area contributed by atoms with Crippen molar-refractivity contribution in [2.75, 3.05) is 26.4 Å². The van der Waals surface area contributed by atoms with Crippen LogP contribution in [0.25, 0.3) is 0 Å². The number of carbonyl (C=O) groups is 2. The molecular weight excluding hydrogens is 765 g/mol. The van der Waals surface area contributed by atoms with E-state index in [2.05, 4.69) is 98.9 Å². The highest BCUT2D eigenvalue weighted by atomic mass is 31.2. The van der Waals surface area contributed by atoms with Crippen LogP contribution in [-0.2, 0) is 32.7 Å². The van der Waals surface area contributed by atoms with Crippen molar-refractivity contribution in [3.63, 3.8) is 0 Å². The van der Waals surface area contributed by atoms with Gasteiger partial charge in [-0.25, -0.2) is 4.57 Å². The van der Waals surface area contributed by atoms with Crippen molar-refractivity contribution in [2.24, 2.45) is 5.73 Å². The molecule has 0 rings (SSSR count). The fraction of sp³-hybridized carbons (Fsp3) is 0.667. The van der Waals surface area contributed by atoms with Gasteiger partial charge >= 0.3 is 19.8 Å². The first-order valence-corrected chi connectivity index (χ1v) is 24.1. The van der Waals surface area contributed by atoms with Gasteiger partial charge in [-0.2, -0.15) is 0 Å². The van der Waals surface area contributed by atoms with Crippen molar-refractivity contribution in [2.45, 2.75) is 180 Å². The minimum Gasteiger partial charge on any atom is -0.480 e. The van der Waals surface area contributed by atoms with Crippen LogP contribution in [0.3, 0.4) is 0 Å². The van der Waals surface area contributed by atoms with E-state index < -0.39 is 45.1 Å². The summed E-state index contributed by atoms with van der Waals surface area (Å²) in [5, 5.41) is 8.91. The maximum absolute atomic E-state index is 12.6. The summed E-state index contributed by atoms with van der Waals surface area (Å²) in [6.07, 6.45) is 54.9. The van der Waals surface area contributed by atoms with Gasteiger partial charge in [-0.05, 0) is 89.9 Å². The van der Waals surface area contributed by atoms with Gasteiger partial charge in [-0.1, -0.05) is 157 Å². The first kappa shape index (κ1) is 56.1. The van der Waals surface area contributed by atoms with E-state index in [1.165, 1.54) is 44.9 Å². The Morgan fingerprint density at radius 2 is 0.983 bits per heavy atom. The Morgan fingerprint density at radius 3 is 1.47 bits per heavy atom. The quantitative estimate of drug-likeness (QED) is 0.0234. The predicted octanol–water partition coefficient (Wildman–Crippen LogP) is 12.8. The molecule has 3 atom stereocenters. The third kappa shape index (κ3) is 43.1. The normalized spacial score (nSPS) is 14.6. The summed E-state index contributed by atoms with van der Waals surface area (Å²) in [5.41, 5.74) is 5.36. The number of phosphoric ester groups is 1. The largest absolute Gasteiger partial charge is 0.480 e. The molecule has 0 aliphatic heterocycles. The van der Waals surface area contributed by atoms with E-state index >= 15 is 0 Å². The van der Waals surface area contributed by atoms with Crippen LogP contribution in [0, 0.1) is 0 Å². The van der Waals surface area contributed by atoms with Gasteiger partial charge in [0.05, 0.1) is 19.8 Å². The van der Waals surface area contributed by atoms with Gasteiger partial charge in [-0.15, -0.1) is 0 Å². The highest BCUT2D eigenvalue weighted by Crippen LogP contribution is 2.43. The van der Waals surface area contributed by atoms with E-state index in [9.17, 15) is 19.0 Å². The average molecular weight is 848 g/mol. The molecule has 11 heteroatoms. The van der Waals surface area contributed by atoms with Gasteiger partial charge in [0, 0.05) is 13.0 Å². The van der Waals surface area contributed by atoms with E-state index in [1.54, 1.807) is 0 Å². The molecular formula is C48H82NO9P. The predicted molar refractivity (Wildman–Crippen MR) is 244 cm³/mol. The van der Waals surface area contributed by atoms with E-state index in [0.29, 0.717) is 13.0 Å². The van der Waals surface area contributed by atoms with Crippen molar-refractivity contribution in [3.8, 4) is 0 Å². The molecule has 0 aromatic rings. The number of aliphatic carboxylic acids is 1. The Kier molecular flexibility index (Phi) is 41.2. The minimum absolute atomic E-state index is 0.00858. The highest BCUT2D eigenvalue weighted by molar-refractivity contribution is 7.47. The second-order valence-electron chi connectivity index (χ2n) is 14.8. The van der Waals surface area contributed by atoms with Crippen LogP contribution < -0.4 is 5.73 Å². The highest BCUT2D eigenvalue weighted by Gasteiger charge is 2.27. The molecule has 0 amide bonds. The number of carbonyl (C=O) groups excluding carboxylic acids is 1. The van der Waals surface area contributed by atoms with E-state index in [1.807, 2.05) is 0 Å². The number of esters is 1. The zero-order valence-electron chi connectivity index (χ0n) is 36.8. The molecule has 0 heterocycles. The third-order valence-electron chi connectivity index (χ3n) is 9.16. The van der Waals surface area contributed by atoms with Crippen LogP contribution in [0.2, 0.25) is 0 Å². The fourth-order valence-corrected chi connectivity index (χ4v) is 6.44. The van der Waals surface area contributed by atoms with Gasteiger partial charge in [0.2, 0.25) is 0 Å². The maximum Gasteiger partial charge on any atom is 0.472 e. The van der Waals surface area contributed by atoms with Crippen LogP contribution in [0.5, 0.6) is 0 Å². The molecule has 0 fully saturated rings. The van der Waals surface area contributed by atoms with Gasteiger partial charge in [0.25, 0.3) is 0 Å². The van der Waals surface area contributed by atoms with Crippen LogP contribution >= 0.6 is 7.82 Å². The summed E-state index contributed by atoms with van der Waals surface area (Å²) in [6, 6.07) is -1.48. The van der Waals surface area contributed by atoms with Crippen molar-refractivity contribution in [1.82, 2.24) is 0 Å². The van der Waals surface area contributed by atoms with Gasteiger partial charge in [0.1, 0.15) is 12.1 Å². The Labute approximate surface area is 358 Å². The summed E-state index contributed by atoms with van der Waals surface area (Å²) in [4.78, 5) is 33.6. The molecule has 0 aromatic heterocycles. The van der Waals surface area contributed by atoms with Crippen LogP contribution in [0.4, 0.5) is 0 Å². The van der Waals surface area contributed by atoms with E-state index in [0.717, 1.165) is 96.3 Å². The Hall–Kier alpha value is -2.85. The fourth-order valence-electron chi connectivity index (χ4n) is 5.66. The van der Waals surface area contributed by atoms with Crippen molar-refractivity contribution in [3.05, 3.63) is 85.1 Å². The number of ether oxygens (including phenoxy) is 2. The molecule has 0 saturated heterocycles. The summed E-state index contributed by atoms with van der Waals surface area (Å²) >= 11 is 0. The summed E-state index contributed by atoms with van der Waals surface area (Å²) in [6.45, 7) is 3.66. The molecule has 4 N–H and O–H groups in total. The lowest BCUT2D eigenvalue weighted by molar-refractivity contribution is -0.154. The molecule has 0 saturated carbocycles. The number of unbranched alkanes of at least 4 members (excludes halogenated alkanes) is 14. The number of carboxylic acids is 1. The first-order chi connectivity index (χ1) is 28.7. The summed E-state index contributed by atoms with van der Waals surface area (Å²) in [7, 11) is -4.63. The number of carboxylic acid groups (broad SMARTS) is 1. The standard InChI is InChI=1S/C48H82NO9P/c1-3-5-7-9-11-13-15-17-19-21-22-23-25-27-29-31-33-35-37-39-41-55-42-45(43-56-59(53,54)57-44-46(49)48(51)52)58-47(50)40-38-36-34-32-30-28-26-24-20-18-16-14-12-10-8-6-4-2/h5,7,11-14,17-20,22-23,27,29,45-46H,3-4,6,8-10,15-16,21,24-26,28,30-44,49H2,1-2H3,(H,51,52)(H,53,54)/b7-5-,13-11-,14-12-,19-17-,20-18-,23-22-,29-27-. The average Bonchev–Trinajstić information content (AvgIpc) is 3.21. The molecule has 0 aliphatic rings. The van der Waals surface area contributed by atoms with Gasteiger partial charge < -0.3 is 25.2 Å². The lowest BCUT2D eigenvalue weighted by Gasteiger charge is -2.20. The van der Waals surface area contributed by atoms with Crippen molar-refractivity contribution in [1.29, 1.82) is 0 Å². The second kappa shape index (κ2) is 43.2. The SMILES string of the molecule is CC/C=C\C/C=C\C/C=C\C/C=C\C/C=C\CCCCCCOCC(COP(=O)(O)OCC(N)C(=O)O)OC(=O)CCCCCCCCC/C=C\C/C=C\CCCCC. The molecule has 59 heavy (non-hydrogen) atoms. The van der Waals surface area contributed by atoms with E-state index in [-0.39, 0.29) is 13.0 Å². The van der Waals surface area contributed by atoms with Crippen molar-refractivity contribution >= 4 is 19.8 Å². The molecule has 0 spiro atoms. The Balaban J connectivity index is 4.31. The zero-order valence-corrected chi connectivity index (χ0v) is 37.7. The minimum atomic E-state index is -4.63. The number of allylic oxidation sites excluding steroid dienone is 14. The summed E-state index contributed by atoms with van der Waals surface area (Å²) in [5.74, 6) is -1.80. The topological polar surface area (TPSA) is 155 Å². The Bertz CT molecular complexity index is 1260. The first-order valence-electron chi connectivity index (χ1n) is 22.6. The molecule has 0 radical (unpaired) electrons. The molecule has 10 nitrogen and oxygen atoms in total. The molecule has 0 aliphatic carbocycles. The molecule has 0 bridgehead atoms. The third-order valence-corrected chi connectivity index (χ3v) is 10.1. The second-order valence-corrected chi connectivity index (χ2v) is 16.2. The lowest BCUT2D eigenvalue weighted by Crippen LogP contribution is -2.34. The number of hydrogen-bond acceptors (Lipinski definition) is 8. The van der Waals surface area contributed by atoms with Gasteiger partial charge in [0.15, 0.2) is 0 Å². The lowest BCUT2D eigenvalue weighted by atomic mass is 10.1. The van der Waals surface area contributed by atoms with Crippen molar-refractivity contribution < 1.29 is 42.7 Å². The van der Waals surface area contributed by atoms with Crippen LogP contribution in [-0.4, -0.2) is 60.5 Å². The molecule has 0 aromatic carbocycles. The number of phosphoric acid groups is 1. The van der Waals surface area contributed by atoms with Crippen LogP contribution in [0.15, 0.2) is 85.1 Å².